The molecule has 5 rings (SSSR count). The number of hydrogen-bond acceptors (Lipinski definition) is 9. The first kappa shape index (κ1) is 31.4. The second kappa shape index (κ2) is 14.7. The average Bonchev–Trinajstić information content (AvgIpc) is 3.55. The number of thioether (sulfide) groups is 1. The van der Waals surface area contributed by atoms with E-state index in [9.17, 15) is 9.59 Å². The van der Waals surface area contributed by atoms with Gasteiger partial charge in [-0.15, -0.1) is 23.1 Å². The lowest BCUT2D eigenvalue weighted by molar-refractivity contribution is -0.115. The summed E-state index contributed by atoms with van der Waals surface area (Å²) in [4.78, 5) is 32.0. The van der Waals surface area contributed by atoms with Gasteiger partial charge in [0.15, 0.2) is 28.1 Å². The Bertz CT molecular complexity index is 1780. The van der Waals surface area contributed by atoms with Crippen LogP contribution in [-0.4, -0.2) is 45.2 Å². The molecule has 4 aromatic carbocycles. The minimum absolute atomic E-state index is 0.203. The molecule has 11 heteroatoms. The van der Waals surface area contributed by atoms with Crippen molar-refractivity contribution in [3.63, 3.8) is 0 Å². The maximum Gasteiger partial charge on any atom is 0.255 e. The van der Waals surface area contributed by atoms with Gasteiger partial charge < -0.3 is 29.6 Å². The lowest BCUT2D eigenvalue weighted by atomic mass is 10.1. The molecule has 1 unspecified atom stereocenters. The highest BCUT2D eigenvalue weighted by atomic mass is 32.2. The summed E-state index contributed by atoms with van der Waals surface area (Å²) in [5, 5.41) is 7.71. The van der Waals surface area contributed by atoms with Crippen LogP contribution in [0.1, 0.15) is 21.2 Å². The first-order valence-electron chi connectivity index (χ1n) is 13.8. The zero-order valence-electron chi connectivity index (χ0n) is 25.0. The molecule has 0 aliphatic rings. The molecule has 0 aliphatic heterocycles. The van der Waals surface area contributed by atoms with Gasteiger partial charge in [0.25, 0.3) is 5.91 Å². The highest BCUT2D eigenvalue weighted by molar-refractivity contribution is 8.00. The summed E-state index contributed by atoms with van der Waals surface area (Å²) >= 11 is 2.75. The van der Waals surface area contributed by atoms with Gasteiger partial charge in [0.05, 0.1) is 34.1 Å². The Morgan fingerprint density at radius 1 is 0.733 bits per heavy atom. The summed E-state index contributed by atoms with van der Waals surface area (Å²) in [7, 11) is 6.23. The fourth-order valence-electron chi connectivity index (χ4n) is 4.46. The van der Waals surface area contributed by atoms with Crippen molar-refractivity contribution in [1.82, 2.24) is 4.98 Å². The molecular weight excluding hydrogens is 611 g/mol. The molecule has 1 atom stereocenters. The first-order valence-corrected chi connectivity index (χ1v) is 15.5. The number of benzene rings is 4. The second-order valence-corrected chi connectivity index (χ2v) is 11.6. The molecule has 45 heavy (non-hydrogen) atoms. The van der Waals surface area contributed by atoms with Crippen LogP contribution in [0.2, 0.25) is 0 Å². The Labute approximate surface area is 269 Å². The largest absolute Gasteiger partial charge is 0.493 e. The van der Waals surface area contributed by atoms with Crippen molar-refractivity contribution in [3.05, 3.63) is 108 Å². The standard InChI is InChI=1S/C34H31N3O6S2/c1-40-27-16-10-22(18-29(27)42-3)26-20-44-34(36-26)37-33(39)31(21-8-6-5-7-9-21)45-25-14-12-24(13-15-25)35-32(38)23-11-17-28(41-2)30(19-23)43-4/h5-20,31H,1-4H3,(H,35,38)(H,36,37,39). The Balaban J connectivity index is 1.29. The van der Waals surface area contributed by atoms with Gasteiger partial charge in [0, 0.05) is 27.1 Å². The van der Waals surface area contributed by atoms with Gasteiger partial charge in [-0.05, 0) is 66.2 Å². The number of nitrogens with one attached hydrogen (secondary N) is 2. The van der Waals surface area contributed by atoms with E-state index < -0.39 is 5.25 Å². The Morgan fingerprint density at radius 2 is 1.38 bits per heavy atom. The van der Waals surface area contributed by atoms with Gasteiger partial charge in [-0.2, -0.15) is 0 Å². The van der Waals surface area contributed by atoms with Crippen LogP contribution in [0.25, 0.3) is 11.3 Å². The van der Waals surface area contributed by atoms with Gasteiger partial charge in [-0.1, -0.05) is 30.3 Å². The summed E-state index contributed by atoms with van der Waals surface area (Å²) in [6.07, 6.45) is 0. The van der Waals surface area contributed by atoms with Crippen molar-refractivity contribution >= 4 is 45.7 Å². The van der Waals surface area contributed by atoms with Gasteiger partial charge >= 0.3 is 0 Å². The van der Waals surface area contributed by atoms with Crippen molar-refractivity contribution in [1.29, 1.82) is 0 Å². The quantitative estimate of drug-likeness (QED) is 0.134. The molecule has 0 saturated carbocycles. The molecule has 2 N–H and O–H groups in total. The van der Waals surface area contributed by atoms with Gasteiger partial charge in [0.1, 0.15) is 5.25 Å². The third kappa shape index (κ3) is 7.57. The topological polar surface area (TPSA) is 108 Å². The molecule has 0 aliphatic carbocycles. The van der Waals surface area contributed by atoms with Crippen LogP contribution in [0.5, 0.6) is 23.0 Å². The Morgan fingerprint density at radius 3 is 2.04 bits per heavy atom. The average molecular weight is 642 g/mol. The molecule has 0 fully saturated rings. The lowest BCUT2D eigenvalue weighted by Gasteiger charge is -2.16. The van der Waals surface area contributed by atoms with Gasteiger partial charge in [-0.25, -0.2) is 4.98 Å². The number of methoxy groups -OCH3 is 4. The van der Waals surface area contributed by atoms with E-state index in [0.29, 0.717) is 45.1 Å². The molecule has 0 radical (unpaired) electrons. The second-order valence-electron chi connectivity index (χ2n) is 9.55. The summed E-state index contributed by atoms with van der Waals surface area (Å²) < 4.78 is 21.3. The molecule has 0 spiro atoms. The summed E-state index contributed by atoms with van der Waals surface area (Å²) in [5.74, 6) is 1.75. The zero-order valence-corrected chi connectivity index (χ0v) is 26.7. The molecule has 1 aromatic heterocycles. The molecule has 1 heterocycles. The van der Waals surface area contributed by atoms with Crippen molar-refractivity contribution in [2.45, 2.75) is 10.1 Å². The summed E-state index contributed by atoms with van der Waals surface area (Å²) in [6.45, 7) is 0. The first-order chi connectivity index (χ1) is 21.9. The molecule has 0 bridgehead atoms. The molecule has 230 valence electrons. The minimum Gasteiger partial charge on any atom is -0.493 e. The zero-order chi connectivity index (χ0) is 31.8. The normalized spacial score (nSPS) is 11.3. The van der Waals surface area contributed by atoms with E-state index in [0.717, 1.165) is 16.0 Å². The SMILES string of the molecule is COc1ccc(C(=O)Nc2ccc(SC(C(=O)Nc3nc(-c4ccc(OC)c(OC)c4)cs3)c3ccccc3)cc2)cc1OC. The third-order valence-corrected chi connectivity index (χ3v) is 8.79. The van der Waals surface area contributed by atoms with Crippen LogP contribution in [0, 0.1) is 0 Å². The number of anilines is 2. The van der Waals surface area contributed by atoms with Crippen LogP contribution < -0.4 is 29.6 Å². The smallest absolute Gasteiger partial charge is 0.255 e. The van der Waals surface area contributed by atoms with Gasteiger partial charge in [0.2, 0.25) is 5.91 Å². The summed E-state index contributed by atoms with van der Waals surface area (Å²) in [5.41, 5.74) is 3.46. The number of aromatic nitrogens is 1. The summed E-state index contributed by atoms with van der Waals surface area (Å²) in [6, 6.07) is 27.5. The monoisotopic (exact) mass is 641 g/mol. The van der Waals surface area contributed by atoms with E-state index in [1.807, 2.05) is 66.0 Å². The van der Waals surface area contributed by atoms with E-state index in [2.05, 4.69) is 15.6 Å². The van der Waals surface area contributed by atoms with E-state index in [1.54, 1.807) is 51.7 Å². The van der Waals surface area contributed by atoms with E-state index in [4.69, 9.17) is 18.9 Å². The van der Waals surface area contributed by atoms with Crippen LogP contribution in [0.4, 0.5) is 10.8 Å². The number of carbonyl (C=O) groups is 2. The van der Waals surface area contributed by atoms with Gasteiger partial charge in [-0.3, -0.25) is 9.59 Å². The predicted molar refractivity (Wildman–Crippen MR) is 178 cm³/mol. The van der Waals surface area contributed by atoms with E-state index in [1.165, 1.54) is 30.2 Å². The van der Waals surface area contributed by atoms with Crippen molar-refractivity contribution in [2.75, 3.05) is 39.1 Å². The molecule has 0 saturated heterocycles. The van der Waals surface area contributed by atoms with Crippen molar-refractivity contribution < 1.29 is 28.5 Å². The maximum atomic E-state index is 13.6. The molecular formula is C34H31N3O6S2. The van der Waals surface area contributed by atoms with Crippen LogP contribution in [0.3, 0.4) is 0 Å². The van der Waals surface area contributed by atoms with Crippen molar-refractivity contribution in [3.8, 4) is 34.3 Å². The third-order valence-electron chi connectivity index (χ3n) is 6.77. The van der Waals surface area contributed by atoms with Crippen LogP contribution in [0.15, 0.2) is 101 Å². The number of thiazole rings is 1. The Hall–Kier alpha value is -5.00. The van der Waals surface area contributed by atoms with Crippen molar-refractivity contribution in [2.24, 2.45) is 0 Å². The minimum atomic E-state index is -0.549. The number of ether oxygens (including phenoxy) is 4. The maximum absolute atomic E-state index is 13.6. The molecule has 9 nitrogen and oxygen atoms in total. The van der Waals surface area contributed by atoms with E-state index >= 15 is 0 Å². The number of carbonyl (C=O) groups excluding carboxylic acids is 2. The fraction of sp³-hybridized carbons (Fsp3) is 0.147. The van der Waals surface area contributed by atoms with E-state index in [-0.39, 0.29) is 11.8 Å². The van der Waals surface area contributed by atoms with Crippen LogP contribution in [-0.2, 0) is 4.79 Å². The van der Waals surface area contributed by atoms with Crippen LogP contribution >= 0.6 is 23.1 Å². The highest BCUT2D eigenvalue weighted by Gasteiger charge is 2.23. The predicted octanol–water partition coefficient (Wildman–Crippen LogP) is 7.57. The number of nitrogens with zero attached hydrogens (tertiary/aromatic N) is 1. The molecule has 5 aromatic rings. The number of amides is 2. The Kier molecular flexibility index (Phi) is 10.2. The lowest BCUT2D eigenvalue weighted by Crippen LogP contribution is -2.19. The molecule has 2 amide bonds. The highest BCUT2D eigenvalue weighted by Crippen LogP contribution is 2.38. The number of hydrogen-bond donors (Lipinski definition) is 2. The fourth-order valence-corrected chi connectivity index (χ4v) is 6.21. The number of rotatable bonds is 12.